The van der Waals surface area contributed by atoms with Crippen molar-refractivity contribution >= 4 is 40.8 Å². The number of carbonyl (C=O) groups is 3. The van der Waals surface area contributed by atoms with E-state index >= 15 is 0 Å². The van der Waals surface area contributed by atoms with Gasteiger partial charge in [-0.1, -0.05) is 12.8 Å². The second-order valence-electron chi connectivity index (χ2n) is 6.77. The minimum Gasteiger partial charge on any atom is -0.297 e. The predicted octanol–water partition coefficient (Wildman–Crippen LogP) is 2.75. The van der Waals surface area contributed by atoms with Crippen molar-refractivity contribution in [3.05, 3.63) is 0 Å². The van der Waals surface area contributed by atoms with Crippen molar-refractivity contribution in [2.45, 2.75) is 55.7 Å². The fourth-order valence-electron chi connectivity index (χ4n) is 4.04. The molecule has 1 saturated heterocycles. The predicted molar refractivity (Wildman–Crippen MR) is 83.8 cm³/mol. The third kappa shape index (κ3) is 2.92. The first-order chi connectivity index (χ1) is 10.5. The minimum absolute atomic E-state index is 0.0467. The number of nitrogens with zero attached hydrogens (tertiary/aromatic N) is 1. The molecule has 3 fully saturated rings. The Labute approximate surface area is 140 Å². The molecule has 4 nitrogen and oxygen atoms in total. The molecule has 5 atom stereocenters. The summed E-state index contributed by atoms with van der Waals surface area (Å²) < 4.78 is 0. The van der Waals surface area contributed by atoms with Gasteiger partial charge in [0, 0.05) is 11.3 Å². The smallest absolute Gasteiger partial charge is 0.233 e. The summed E-state index contributed by atoms with van der Waals surface area (Å²) >= 11 is 12.2. The van der Waals surface area contributed by atoms with Crippen molar-refractivity contribution < 1.29 is 14.4 Å². The van der Waals surface area contributed by atoms with E-state index in [0.717, 1.165) is 25.7 Å². The maximum Gasteiger partial charge on any atom is 0.233 e. The van der Waals surface area contributed by atoms with Crippen LogP contribution in [0.4, 0.5) is 0 Å². The Balaban J connectivity index is 1.64. The molecule has 1 aliphatic heterocycles. The fourth-order valence-corrected chi connectivity index (χ4v) is 4.61. The number of Topliss-reactive ketones (excluding diaryl/α,β-unsaturated/α-hetero) is 1. The summed E-state index contributed by atoms with van der Waals surface area (Å²) in [5, 5.41) is -0.305. The average molecular weight is 346 g/mol. The summed E-state index contributed by atoms with van der Waals surface area (Å²) in [7, 11) is 0. The van der Waals surface area contributed by atoms with Crippen molar-refractivity contribution in [3.63, 3.8) is 0 Å². The number of hydrogen-bond acceptors (Lipinski definition) is 3. The van der Waals surface area contributed by atoms with E-state index in [4.69, 9.17) is 23.2 Å². The summed E-state index contributed by atoms with van der Waals surface area (Å²) in [6, 6.07) is 0. The molecule has 0 spiro atoms. The summed E-state index contributed by atoms with van der Waals surface area (Å²) in [5.74, 6) is -0.884. The van der Waals surface area contributed by atoms with E-state index in [1.54, 1.807) is 0 Å². The van der Waals surface area contributed by atoms with Gasteiger partial charge in [-0.2, -0.15) is 0 Å². The lowest BCUT2D eigenvalue weighted by Gasteiger charge is -2.29. The standard InChI is InChI=1S/C16H21Cl2NO3/c17-12-6-5-9(7-13(12)18)14(20)8-19-15(21)10-3-1-2-4-11(10)16(19)22/h9-13H,1-8H2. The topological polar surface area (TPSA) is 54.5 Å². The summed E-state index contributed by atoms with van der Waals surface area (Å²) in [6.45, 7) is -0.0775. The molecular formula is C16H21Cl2NO3. The van der Waals surface area contributed by atoms with Crippen LogP contribution in [0.5, 0.6) is 0 Å². The molecule has 0 radical (unpaired) electrons. The summed E-state index contributed by atoms with van der Waals surface area (Å²) in [5.41, 5.74) is 0. The number of ketones is 1. The number of carbonyl (C=O) groups excluding carboxylic acids is 3. The molecule has 22 heavy (non-hydrogen) atoms. The quantitative estimate of drug-likeness (QED) is 0.583. The molecule has 0 bridgehead atoms. The van der Waals surface area contributed by atoms with Gasteiger partial charge in [0.1, 0.15) is 0 Å². The maximum absolute atomic E-state index is 12.5. The van der Waals surface area contributed by atoms with Gasteiger partial charge in [0.15, 0.2) is 5.78 Å². The molecule has 5 unspecified atom stereocenters. The van der Waals surface area contributed by atoms with Crippen LogP contribution in [-0.2, 0) is 14.4 Å². The fraction of sp³-hybridized carbons (Fsp3) is 0.812. The molecule has 6 heteroatoms. The monoisotopic (exact) mass is 345 g/mol. The number of imide groups is 1. The van der Waals surface area contributed by atoms with Crippen molar-refractivity contribution in [2.24, 2.45) is 17.8 Å². The Morgan fingerprint density at radius 3 is 2.09 bits per heavy atom. The van der Waals surface area contributed by atoms with E-state index in [0.29, 0.717) is 19.3 Å². The van der Waals surface area contributed by atoms with Crippen molar-refractivity contribution in [1.82, 2.24) is 4.90 Å². The van der Waals surface area contributed by atoms with E-state index < -0.39 is 0 Å². The molecule has 122 valence electrons. The number of fused-ring (bicyclic) bond motifs is 1. The van der Waals surface area contributed by atoms with Gasteiger partial charge in [0.25, 0.3) is 0 Å². The third-order valence-corrected chi connectivity index (χ3v) is 6.53. The van der Waals surface area contributed by atoms with E-state index in [1.807, 2.05) is 0 Å². The van der Waals surface area contributed by atoms with E-state index in [2.05, 4.69) is 0 Å². The highest BCUT2D eigenvalue weighted by Gasteiger charge is 2.49. The van der Waals surface area contributed by atoms with Crippen molar-refractivity contribution in [2.75, 3.05) is 6.54 Å². The molecular weight excluding hydrogens is 325 g/mol. The van der Waals surface area contributed by atoms with Gasteiger partial charge in [-0.15, -0.1) is 23.2 Å². The van der Waals surface area contributed by atoms with E-state index in [1.165, 1.54) is 4.90 Å². The molecule has 3 aliphatic rings. The first kappa shape index (κ1) is 16.3. The summed E-state index contributed by atoms with van der Waals surface area (Å²) in [6.07, 6.45) is 5.49. The molecule has 0 aromatic rings. The third-order valence-electron chi connectivity index (χ3n) is 5.39. The highest BCUT2D eigenvalue weighted by Crippen LogP contribution is 2.38. The van der Waals surface area contributed by atoms with Crippen LogP contribution in [-0.4, -0.2) is 39.8 Å². The Morgan fingerprint density at radius 1 is 0.955 bits per heavy atom. The molecule has 3 rings (SSSR count). The lowest BCUT2D eigenvalue weighted by atomic mass is 9.81. The lowest BCUT2D eigenvalue weighted by Crippen LogP contribution is -2.40. The SMILES string of the molecule is O=C(CN1C(=O)C2CCCCC2C1=O)C1CCC(Cl)C(Cl)C1. The van der Waals surface area contributed by atoms with Crippen LogP contribution >= 0.6 is 23.2 Å². The van der Waals surface area contributed by atoms with Gasteiger partial charge in [0.2, 0.25) is 11.8 Å². The largest absolute Gasteiger partial charge is 0.297 e. The zero-order valence-electron chi connectivity index (χ0n) is 12.5. The van der Waals surface area contributed by atoms with E-state index in [9.17, 15) is 14.4 Å². The van der Waals surface area contributed by atoms with Crippen molar-refractivity contribution in [1.29, 1.82) is 0 Å². The number of likely N-dealkylation sites (tertiary alicyclic amines) is 1. The zero-order chi connectivity index (χ0) is 15.9. The second kappa shape index (κ2) is 6.48. The van der Waals surface area contributed by atoms with Gasteiger partial charge in [-0.05, 0) is 32.1 Å². The van der Waals surface area contributed by atoms with Gasteiger partial charge in [-0.25, -0.2) is 0 Å². The van der Waals surface area contributed by atoms with Crippen LogP contribution in [0.25, 0.3) is 0 Å². The molecule has 0 N–H and O–H groups in total. The Bertz CT molecular complexity index is 472. The van der Waals surface area contributed by atoms with Gasteiger partial charge < -0.3 is 0 Å². The normalized spacial score (nSPS) is 39.0. The number of amides is 2. The summed E-state index contributed by atoms with van der Waals surface area (Å²) in [4.78, 5) is 38.4. The van der Waals surface area contributed by atoms with Crippen LogP contribution in [0.1, 0.15) is 44.9 Å². The Hall–Kier alpha value is -0.610. The van der Waals surface area contributed by atoms with Crippen LogP contribution in [0.15, 0.2) is 0 Å². The van der Waals surface area contributed by atoms with Gasteiger partial charge in [-0.3, -0.25) is 19.3 Å². The average Bonchev–Trinajstić information content (AvgIpc) is 2.75. The number of rotatable bonds is 3. The highest BCUT2D eigenvalue weighted by atomic mass is 35.5. The lowest BCUT2D eigenvalue weighted by molar-refractivity contribution is -0.144. The number of halogens is 2. The minimum atomic E-state index is -0.211. The van der Waals surface area contributed by atoms with Gasteiger partial charge >= 0.3 is 0 Å². The Morgan fingerprint density at radius 2 is 1.55 bits per heavy atom. The molecule has 2 amide bonds. The number of hydrogen-bond donors (Lipinski definition) is 0. The van der Waals surface area contributed by atoms with Crippen LogP contribution in [0, 0.1) is 17.8 Å². The van der Waals surface area contributed by atoms with E-state index in [-0.39, 0.29) is 52.7 Å². The van der Waals surface area contributed by atoms with Crippen LogP contribution in [0.3, 0.4) is 0 Å². The van der Waals surface area contributed by atoms with Gasteiger partial charge in [0.05, 0.1) is 23.8 Å². The molecule has 0 aromatic carbocycles. The molecule has 2 aliphatic carbocycles. The molecule has 1 heterocycles. The zero-order valence-corrected chi connectivity index (χ0v) is 14.0. The number of alkyl halides is 2. The first-order valence-electron chi connectivity index (χ1n) is 8.15. The highest BCUT2D eigenvalue weighted by molar-refractivity contribution is 6.30. The molecule has 0 aromatic heterocycles. The second-order valence-corrected chi connectivity index (χ2v) is 7.89. The van der Waals surface area contributed by atoms with Crippen molar-refractivity contribution in [3.8, 4) is 0 Å². The molecule has 2 saturated carbocycles. The van der Waals surface area contributed by atoms with Crippen LogP contribution < -0.4 is 0 Å². The Kier molecular flexibility index (Phi) is 4.79. The maximum atomic E-state index is 12.5. The van der Waals surface area contributed by atoms with Crippen LogP contribution in [0.2, 0.25) is 0 Å². The first-order valence-corrected chi connectivity index (χ1v) is 9.02.